The van der Waals surface area contributed by atoms with Crippen LogP contribution >= 0.6 is 0 Å². The van der Waals surface area contributed by atoms with E-state index < -0.39 is 23.2 Å². The Morgan fingerprint density at radius 2 is 1.85 bits per heavy atom. The molecule has 0 spiro atoms. The number of hydrogen-bond donors (Lipinski definition) is 1. The highest BCUT2D eigenvalue weighted by molar-refractivity contribution is 6.07. The van der Waals surface area contributed by atoms with Gasteiger partial charge in [-0.3, -0.25) is 4.79 Å². The van der Waals surface area contributed by atoms with Crippen molar-refractivity contribution in [2.45, 2.75) is 13.1 Å². The fourth-order valence-electron chi connectivity index (χ4n) is 1.28. The lowest BCUT2D eigenvalue weighted by molar-refractivity contribution is -0.137. The van der Waals surface area contributed by atoms with Crippen LogP contribution in [0.2, 0.25) is 0 Å². The number of anilines is 1. The number of nitroso groups, excluding NO2 is 1. The van der Waals surface area contributed by atoms with Crippen molar-refractivity contribution in [2.75, 3.05) is 5.32 Å². The molecule has 0 aliphatic rings. The van der Waals surface area contributed by atoms with E-state index in [-0.39, 0.29) is 11.4 Å². The van der Waals surface area contributed by atoms with Crippen LogP contribution in [0.3, 0.4) is 0 Å². The number of hydrogen-bond acceptors (Lipinski definition) is 4. The summed E-state index contributed by atoms with van der Waals surface area (Å²) >= 11 is 0. The summed E-state index contributed by atoms with van der Waals surface area (Å²) in [4.78, 5) is 21.9. The largest absolute Gasteiger partial charge is 0.416 e. The fraction of sp³-hybridized carbons (Fsp3) is 0.167. The van der Waals surface area contributed by atoms with Crippen LogP contribution < -0.4 is 5.32 Å². The molecule has 20 heavy (non-hydrogen) atoms. The second-order valence-corrected chi connectivity index (χ2v) is 3.69. The van der Waals surface area contributed by atoms with E-state index in [2.05, 4.69) is 10.5 Å². The number of alkyl halides is 3. The SMILES string of the molecule is C/C(N=O)=C(\C#N)C(=O)Nc1ccc(C(F)(F)F)cc1. The fourth-order valence-corrected chi connectivity index (χ4v) is 1.28. The molecule has 0 radical (unpaired) electrons. The van der Waals surface area contributed by atoms with Crippen molar-refractivity contribution < 1.29 is 18.0 Å². The molecule has 1 rings (SSSR count). The molecular formula is C12H8F3N3O2. The lowest BCUT2D eigenvalue weighted by Gasteiger charge is -2.08. The first-order valence-electron chi connectivity index (χ1n) is 5.22. The predicted molar refractivity (Wildman–Crippen MR) is 64.2 cm³/mol. The summed E-state index contributed by atoms with van der Waals surface area (Å²) in [6.45, 7) is 1.18. The first-order valence-corrected chi connectivity index (χ1v) is 5.22. The van der Waals surface area contributed by atoms with E-state index in [9.17, 15) is 22.9 Å². The molecule has 0 atom stereocenters. The molecule has 0 saturated heterocycles. The average Bonchev–Trinajstić information content (AvgIpc) is 2.38. The molecule has 0 heterocycles. The number of nitrogens with zero attached hydrogens (tertiary/aromatic N) is 2. The van der Waals surface area contributed by atoms with Gasteiger partial charge in [0.25, 0.3) is 5.91 Å². The summed E-state index contributed by atoms with van der Waals surface area (Å²) < 4.78 is 37.0. The number of amides is 1. The van der Waals surface area contributed by atoms with Crippen molar-refractivity contribution in [1.29, 1.82) is 5.26 Å². The van der Waals surface area contributed by atoms with Crippen molar-refractivity contribution in [2.24, 2.45) is 5.18 Å². The quantitative estimate of drug-likeness (QED) is 0.525. The van der Waals surface area contributed by atoms with Crippen LogP contribution in [0.15, 0.2) is 40.7 Å². The van der Waals surface area contributed by atoms with E-state index in [0.29, 0.717) is 0 Å². The molecule has 0 aromatic heterocycles. The van der Waals surface area contributed by atoms with Gasteiger partial charge in [-0.1, -0.05) is 0 Å². The Morgan fingerprint density at radius 1 is 1.30 bits per heavy atom. The van der Waals surface area contributed by atoms with Crippen LogP contribution in [0.4, 0.5) is 18.9 Å². The molecule has 0 bridgehead atoms. The van der Waals surface area contributed by atoms with Gasteiger partial charge >= 0.3 is 6.18 Å². The standard InChI is InChI=1S/C12H8F3N3O2/c1-7(18-20)10(6-16)11(19)17-9-4-2-8(3-5-9)12(13,14)15/h2-5H,1H3,(H,17,19)/b10-7-. The minimum Gasteiger partial charge on any atom is -0.321 e. The average molecular weight is 283 g/mol. The Balaban J connectivity index is 2.93. The normalized spacial score (nSPS) is 12.2. The summed E-state index contributed by atoms with van der Waals surface area (Å²) in [6, 6.07) is 5.16. The first kappa shape index (κ1) is 15.4. The topological polar surface area (TPSA) is 82.3 Å². The number of halogens is 3. The van der Waals surface area contributed by atoms with E-state index >= 15 is 0 Å². The number of allylic oxidation sites excluding steroid dienone is 1. The smallest absolute Gasteiger partial charge is 0.321 e. The Bertz CT molecular complexity index is 598. The van der Waals surface area contributed by atoms with Crippen LogP contribution in [0.25, 0.3) is 0 Å². The van der Waals surface area contributed by atoms with Crippen LogP contribution in [-0.4, -0.2) is 5.91 Å². The second-order valence-electron chi connectivity index (χ2n) is 3.69. The molecule has 0 aliphatic carbocycles. The molecule has 0 saturated carbocycles. The molecular weight excluding hydrogens is 275 g/mol. The molecule has 104 valence electrons. The van der Waals surface area contributed by atoms with E-state index in [4.69, 9.17) is 5.26 Å². The lowest BCUT2D eigenvalue weighted by atomic mass is 10.2. The maximum absolute atomic E-state index is 12.3. The van der Waals surface area contributed by atoms with Gasteiger partial charge in [-0.2, -0.15) is 18.4 Å². The van der Waals surface area contributed by atoms with Gasteiger partial charge in [-0.15, -0.1) is 4.91 Å². The third-order valence-corrected chi connectivity index (χ3v) is 2.31. The molecule has 1 aromatic carbocycles. The summed E-state index contributed by atoms with van der Waals surface area (Å²) in [7, 11) is 0. The first-order chi connectivity index (χ1) is 9.29. The minimum absolute atomic E-state index is 0.0643. The molecule has 8 heteroatoms. The zero-order chi connectivity index (χ0) is 15.3. The molecule has 0 unspecified atom stereocenters. The predicted octanol–water partition coefficient (Wildman–Crippen LogP) is 3.21. The number of nitrogens with one attached hydrogen (secondary N) is 1. The van der Waals surface area contributed by atoms with E-state index in [1.807, 2.05) is 0 Å². The van der Waals surface area contributed by atoms with Gasteiger partial charge < -0.3 is 5.32 Å². The highest BCUT2D eigenvalue weighted by atomic mass is 19.4. The van der Waals surface area contributed by atoms with Crippen molar-refractivity contribution in [3.63, 3.8) is 0 Å². The number of carbonyl (C=O) groups excluding carboxylic acids is 1. The third kappa shape index (κ3) is 3.65. The molecule has 1 amide bonds. The Hall–Kier alpha value is -2.69. The molecule has 5 nitrogen and oxygen atoms in total. The van der Waals surface area contributed by atoms with Gasteiger partial charge in [0.15, 0.2) is 0 Å². The van der Waals surface area contributed by atoms with Crippen molar-refractivity contribution in [3.05, 3.63) is 46.0 Å². The number of benzene rings is 1. The third-order valence-electron chi connectivity index (χ3n) is 2.31. The van der Waals surface area contributed by atoms with Gasteiger partial charge in [-0.25, -0.2) is 0 Å². The number of nitriles is 1. The Morgan fingerprint density at radius 3 is 2.25 bits per heavy atom. The monoisotopic (exact) mass is 283 g/mol. The van der Waals surface area contributed by atoms with Crippen LogP contribution in [-0.2, 0) is 11.0 Å². The molecule has 1 aromatic rings. The second kappa shape index (κ2) is 5.97. The van der Waals surface area contributed by atoms with Crippen molar-refractivity contribution in [3.8, 4) is 6.07 Å². The van der Waals surface area contributed by atoms with E-state index in [1.165, 1.54) is 13.0 Å². The molecule has 0 fully saturated rings. The van der Waals surface area contributed by atoms with Crippen LogP contribution in [0, 0.1) is 16.2 Å². The minimum atomic E-state index is -4.47. The van der Waals surface area contributed by atoms with Gasteiger partial charge in [-0.05, 0) is 36.4 Å². The zero-order valence-corrected chi connectivity index (χ0v) is 10.2. The summed E-state index contributed by atoms with van der Waals surface area (Å²) in [5.74, 6) is -0.913. The van der Waals surface area contributed by atoms with E-state index in [0.717, 1.165) is 24.3 Å². The van der Waals surface area contributed by atoms with Gasteiger partial charge in [0, 0.05) is 5.69 Å². The number of rotatable bonds is 3. The van der Waals surface area contributed by atoms with Crippen LogP contribution in [0.1, 0.15) is 12.5 Å². The van der Waals surface area contributed by atoms with Gasteiger partial charge in [0.2, 0.25) is 0 Å². The number of carbonyl (C=O) groups is 1. The van der Waals surface area contributed by atoms with Gasteiger partial charge in [0.1, 0.15) is 17.3 Å². The summed E-state index contributed by atoms with van der Waals surface area (Å²) in [6.07, 6.45) is -4.47. The molecule has 0 aliphatic heterocycles. The summed E-state index contributed by atoms with van der Waals surface area (Å²) in [5.41, 5.74) is -1.61. The van der Waals surface area contributed by atoms with Crippen molar-refractivity contribution >= 4 is 11.6 Å². The highest BCUT2D eigenvalue weighted by Crippen LogP contribution is 2.29. The maximum Gasteiger partial charge on any atom is 0.416 e. The maximum atomic E-state index is 12.3. The molecule has 1 N–H and O–H groups in total. The summed E-state index contributed by atoms with van der Waals surface area (Å²) in [5, 5.41) is 13.4. The Labute approximate surface area is 111 Å². The van der Waals surface area contributed by atoms with Crippen molar-refractivity contribution in [1.82, 2.24) is 0 Å². The Kier molecular flexibility index (Phi) is 4.59. The zero-order valence-electron chi connectivity index (χ0n) is 10.2. The van der Waals surface area contributed by atoms with Gasteiger partial charge in [0.05, 0.1) is 5.56 Å². The lowest BCUT2D eigenvalue weighted by Crippen LogP contribution is -2.15. The van der Waals surface area contributed by atoms with E-state index in [1.54, 1.807) is 0 Å². The highest BCUT2D eigenvalue weighted by Gasteiger charge is 2.30. The van der Waals surface area contributed by atoms with Crippen LogP contribution in [0.5, 0.6) is 0 Å².